The van der Waals surface area contributed by atoms with Crippen molar-refractivity contribution in [3.05, 3.63) is 53.9 Å². The number of rotatable bonds is 4. The number of aromatic nitrogens is 4. The molecule has 126 valence electrons. The van der Waals surface area contributed by atoms with E-state index in [9.17, 15) is 4.79 Å². The van der Waals surface area contributed by atoms with Crippen molar-refractivity contribution in [3.8, 4) is 11.1 Å². The van der Waals surface area contributed by atoms with E-state index in [1.807, 2.05) is 24.3 Å². The quantitative estimate of drug-likeness (QED) is 0.740. The monoisotopic (exact) mass is 336 g/mol. The first-order valence-corrected chi connectivity index (χ1v) is 7.91. The predicted octanol–water partition coefficient (Wildman–Crippen LogP) is 1.68. The third-order valence-corrected chi connectivity index (χ3v) is 4.71. The van der Waals surface area contributed by atoms with Crippen LogP contribution in [-0.2, 0) is 5.41 Å². The van der Waals surface area contributed by atoms with Crippen LogP contribution in [0.3, 0.4) is 0 Å². The number of nitrogens with two attached hydrogens (primary N) is 2. The number of nitrogen functional groups attached to an aromatic ring is 1. The van der Waals surface area contributed by atoms with Crippen molar-refractivity contribution in [2.45, 2.75) is 24.7 Å². The fraction of sp³-hybridized carbons (Fsp3) is 0.235. The minimum absolute atomic E-state index is 0.156. The van der Waals surface area contributed by atoms with Gasteiger partial charge in [0.25, 0.3) is 0 Å². The van der Waals surface area contributed by atoms with Crippen molar-refractivity contribution in [2.75, 3.05) is 5.73 Å². The zero-order valence-corrected chi connectivity index (χ0v) is 13.3. The molecule has 0 saturated heterocycles. The van der Waals surface area contributed by atoms with E-state index in [1.54, 1.807) is 12.4 Å². The van der Waals surface area contributed by atoms with Crippen LogP contribution < -0.4 is 11.5 Å². The van der Waals surface area contributed by atoms with Crippen LogP contribution in [-0.4, -0.2) is 26.0 Å². The van der Waals surface area contributed by atoms with Gasteiger partial charge >= 0.3 is 11.8 Å². The molecule has 8 nitrogen and oxygen atoms in total. The molecule has 4 rings (SSSR count). The van der Waals surface area contributed by atoms with Gasteiger partial charge in [-0.05, 0) is 24.0 Å². The van der Waals surface area contributed by atoms with Gasteiger partial charge in [-0.1, -0.05) is 35.8 Å². The zero-order chi connectivity index (χ0) is 17.4. The summed E-state index contributed by atoms with van der Waals surface area (Å²) in [5.74, 6) is -0.115. The number of primary amides is 1. The Morgan fingerprint density at radius 2 is 1.76 bits per heavy atom. The molecule has 0 atom stereocenters. The smallest absolute Gasteiger partial charge is 0.315 e. The molecule has 4 N–H and O–H groups in total. The Balaban J connectivity index is 1.67. The Hall–Kier alpha value is -3.29. The molecule has 1 saturated carbocycles. The van der Waals surface area contributed by atoms with E-state index in [4.69, 9.17) is 16.0 Å². The molecule has 25 heavy (non-hydrogen) atoms. The molecule has 1 aromatic carbocycles. The van der Waals surface area contributed by atoms with E-state index < -0.39 is 5.91 Å². The number of anilines is 1. The summed E-state index contributed by atoms with van der Waals surface area (Å²) >= 11 is 0. The van der Waals surface area contributed by atoms with Gasteiger partial charge < -0.3 is 16.0 Å². The lowest BCUT2D eigenvalue weighted by atomic mass is 9.64. The van der Waals surface area contributed by atoms with Crippen LogP contribution in [0.25, 0.3) is 11.1 Å². The van der Waals surface area contributed by atoms with Gasteiger partial charge in [0.1, 0.15) is 0 Å². The van der Waals surface area contributed by atoms with Gasteiger partial charge in [0.05, 0.1) is 5.41 Å². The van der Waals surface area contributed by atoms with Crippen LogP contribution >= 0.6 is 0 Å². The zero-order valence-electron chi connectivity index (χ0n) is 13.3. The Bertz CT molecular complexity index is 913. The number of carbonyl (C=O) groups is 1. The van der Waals surface area contributed by atoms with E-state index in [2.05, 4.69) is 20.1 Å². The van der Waals surface area contributed by atoms with Crippen molar-refractivity contribution in [3.63, 3.8) is 0 Å². The summed E-state index contributed by atoms with van der Waals surface area (Å²) in [5.41, 5.74) is 13.4. The maximum Gasteiger partial charge on any atom is 0.315 e. The van der Waals surface area contributed by atoms with Crippen LogP contribution in [0.1, 0.15) is 41.3 Å². The van der Waals surface area contributed by atoms with Crippen molar-refractivity contribution in [1.82, 2.24) is 20.1 Å². The normalized spacial score (nSPS) is 15.5. The highest BCUT2D eigenvalue weighted by atomic mass is 16.5. The van der Waals surface area contributed by atoms with Gasteiger partial charge in [-0.25, -0.2) is 9.97 Å². The van der Waals surface area contributed by atoms with Gasteiger partial charge in [-0.3, -0.25) is 4.79 Å². The van der Waals surface area contributed by atoms with Crippen molar-refractivity contribution < 1.29 is 9.32 Å². The maximum atomic E-state index is 11.2. The molecular weight excluding hydrogens is 320 g/mol. The van der Waals surface area contributed by atoms with E-state index in [1.165, 1.54) is 0 Å². The first-order valence-electron chi connectivity index (χ1n) is 7.91. The number of carbonyl (C=O) groups excluding carboxylic acids is 1. The summed E-state index contributed by atoms with van der Waals surface area (Å²) in [4.78, 5) is 23.4. The number of hydrogen-bond acceptors (Lipinski definition) is 7. The third kappa shape index (κ3) is 2.51. The first kappa shape index (κ1) is 15.3. The summed E-state index contributed by atoms with van der Waals surface area (Å²) in [5, 5.41) is 3.98. The van der Waals surface area contributed by atoms with E-state index in [-0.39, 0.29) is 17.3 Å². The second-order valence-electron chi connectivity index (χ2n) is 6.13. The molecule has 8 heteroatoms. The highest BCUT2D eigenvalue weighted by Crippen LogP contribution is 2.48. The average Bonchev–Trinajstić information content (AvgIpc) is 3.06. The minimum Gasteiger partial charge on any atom is -0.368 e. The Morgan fingerprint density at radius 1 is 1.08 bits per heavy atom. The second-order valence-corrected chi connectivity index (χ2v) is 6.13. The van der Waals surface area contributed by atoms with Gasteiger partial charge in [-0.2, -0.15) is 4.98 Å². The first-order chi connectivity index (χ1) is 12.1. The van der Waals surface area contributed by atoms with Gasteiger partial charge in [0.15, 0.2) is 5.82 Å². The Kier molecular flexibility index (Phi) is 3.45. The molecule has 0 spiro atoms. The molecule has 1 fully saturated rings. The molecular formula is C17H16N6O2. The Labute approximate surface area is 143 Å². The van der Waals surface area contributed by atoms with E-state index >= 15 is 0 Å². The molecule has 1 aliphatic carbocycles. The van der Waals surface area contributed by atoms with Gasteiger partial charge in [-0.15, -0.1) is 0 Å². The summed E-state index contributed by atoms with van der Waals surface area (Å²) in [6.45, 7) is 0. The highest BCUT2D eigenvalue weighted by Gasteiger charge is 2.44. The topological polar surface area (TPSA) is 134 Å². The maximum absolute atomic E-state index is 11.2. The number of nitrogens with zero attached hydrogens (tertiary/aromatic N) is 4. The van der Waals surface area contributed by atoms with Crippen LogP contribution in [0.2, 0.25) is 0 Å². The molecule has 3 aromatic rings. The minimum atomic E-state index is -0.716. The summed E-state index contributed by atoms with van der Waals surface area (Å²) in [6, 6.07) is 8.06. The standard InChI is InChI=1S/C17H16N6O2/c18-13(24)14-22-15(23-25-14)17(6-1-7-17)12-4-2-10(3-5-12)11-8-20-16(19)21-9-11/h2-5,8-9H,1,6-7H2,(H2,18,24)(H2,19,20,21). The molecule has 2 aromatic heterocycles. The number of hydrogen-bond donors (Lipinski definition) is 2. The molecule has 0 radical (unpaired) electrons. The van der Waals surface area contributed by atoms with Crippen LogP contribution in [0.4, 0.5) is 5.95 Å². The SMILES string of the molecule is NC(=O)c1nc(C2(c3ccc(-c4cnc(N)nc4)cc3)CCC2)no1. The predicted molar refractivity (Wildman–Crippen MR) is 89.3 cm³/mol. The van der Waals surface area contributed by atoms with Gasteiger partial charge in [0.2, 0.25) is 5.95 Å². The van der Waals surface area contributed by atoms with Crippen LogP contribution in [0.15, 0.2) is 41.2 Å². The fourth-order valence-electron chi connectivity index (χ4n) is 3.16. The van der Waals surface area contributed by atoms with Crippen molar-refractivity contribution in [2.24, 2.45) is 5.73 Å². The second kappa shape index (κ2) is 5.66. The van der Waals surface area contributed by atoms with E-state index in [0.29, 0.717) is 5.82 Å². The van der Waals surface area contributed by atoms with Crippen molar-refractivity contribution >= 4 is 11.9 Å². The third-order valence-electron chi connectivity index (χ3n) is 4.71. The summed E-state index contributed by atoms with van der Waals surface area (Å²) in [6.07, 6.45) is 6.24. The lowest BCUT2D eigenvalue weighted by Crippen LogP contribution is -2.36. The summed E-state index contributed by atoms with van der Waals surface area (Å²) < 4.78 is 4.97. The number of amides is 1. The molecule has 1 amide bonds. The molecule has 0 unspecified atom stereocenters. The van der Waals surface area contributed by atoms with Gasteiger partial charge in [0, 0.05) is 18.0 Å². The number of benzene rings is 1. The van der Waals surface area contributed by atoms with Crippen LogP contribution in [0.5, 0.6) is 0 Å². The molecule has 2 heterocycles. The molecule has 0 bridgehead atoms. The summed E-state index contributed by atoms with van der Waals surface area (Å²) in [7, 11) is 0. The van der Waals surface area contributed by atoms with Crippen molar-refractivity contribution in [1.29, 1.82) is 0 Å². The molecule has 0 aliphatic heterocycles. The lowest BCUT2D eigenvalue weighted by Gasteiger charge is -2.39. The molecule has 1 aliphatic rings. The highest BCUT2D eigenvalue weighted by molar-refractivity contribution is 5.87. The Morgan fingerprint density at radius 3 is 2.28 bits per heavy atom. The lowest BCUT2D eigenvalue weighted by molar-refractivity contribution is 0.0958. The largest absolute Gasteiger partial charge is 0.368 e. The average molecular weight is 336 g/mol. The fourth-order valence-corrected chi connectivity index (χ4v) is 3.16. The van der Waals surface area contributed by atoms with Crippen LogP contribution in [0, 0.1) is 0 Å². The van der Waals surface area contributed by atoms with E-state index in [0.717, 1.165) is 36.0 Å².